The summed E-state index contributed by atoms with van der Waals surface area (Å²) in [6.45, 7) is 9.92. The molecule has 0 aliphatic rings. The standard InChI is InChI=1S/C23H36O5/c1-6-9-10-11-14-17-26-21(24)23(7-2,8-3)22(25)28-20-16-13-12-15-19(20)27-18(4)5/h12-13,15-16,18H,6-11,14,17H2,1-5H3. The van der Waals surface area contributed by atoms with E-state index in [1.807, 2.05) is 33.8 Å². The number of ether oxygens (including phenoxy) is 3. The quantitative estimate of drug-likeness (QED) is 0.186. The third-order valence-corrected chi connectivity index (χ3v) is 4.88. The summed E-state index contributed by atoms with van der Waals surface area (Å²) >= 11 is 0. The van der Waals surface area contributed by atoms with Gasteiger partial charge in [-0.3, -0.25) is 9.59 Å². The smallest absolute Gasteiger partial charge is 0.328 e. The molecule has 1 aromatic carbocycles. The first-order valence-corrected chi connectivity index (χ1v) is 10.6. The van der Waals surface area contributed by atoms with Crippen molar-refractivity contribution in [1.29, 1.82) is 0 Å². The predicted molar refractivity (Wildman–Crippen MR) is 111 cm³/mol. The summed E-state index contributed by atoms with van der Waals surface area (Å²) < 4.78 is 16.8. The van der Waals surface area contributed by atoms with Crippen molar-refractivity contribution in [2.75, 3.05) is 6.61 Å². The molecule has 0 unspecified atom stereocenters. The van der Waals surface area contributed by atoms with Crippen molar-refractivity contribution in [3.05, 3.63) is 24.3 Å². The Hall–Kier alpha value is -2.04. The van der Waals surface area contributed by atoms with Gasteiger partial charge < -0.3 is 14.2 Å². The van der Waals surface area contributed by atoms with Crippen molar-refractivity contribution in [1.82, 2.24) is 0 Å². The summed E-state index contributed by atoms with van der Waals surface area (Å²) in [5.41, 5.74) is -1.30. The highest BCUT2D eigenvalue weighted by Gasteiger charge is 2.46. The van der Waals surface area contributed by atoms with E-state index >= 15 is 0 Å². The predicted octanol–water partition coefficient (Wildman–Crippen LogP) is 5.70. The van der Waals surface area contributed by atoms with Gasteiger partial charge in [-0.1, -0.05) is 58.6 Å². The monoisotopic (exact) mass is 392 g/mol. The van der Waals surface area contributed by atoms with Crippen LogP contribution in [0.1, 0.15) is 79.6 Å². The average Bonchev–Trinajstić information content (AvgIpc) is 2.67. The minimum atomic E-state index is -1.30. The Balaban J connectivity index is 2.80. The van der Waals surface area contributed by atoms with Gasteiger partial charge in [0.05, 0.1) is 12.7 Å². The lowest BCUT2D eigenvalue weighted by Crippen LogP contribution is -2.42. The molecule has 28 heavy (non-hydrogen) atoms. The molecule has 0 saturated carbocycles. The first-order chi connectivity index (χ1) is 13.4. The lowest BCUT2D eigenvalue weighted by atomic mass is 9.82. The maximum absolute atomic E-state index is 13.0. The Morgan fingerprint density at radius 2 is 1.50 bits per heavy atom. The molecule has 5 nitrogen and oxygen atoms in total. The first-order valence-electron chi connectivity index (χ1n) is 10.6. The van der Waals surface area contributed by atoms with Crippen molar-refractivity contribution in [3.8, 4) is 11.5 Å². The van der Waals surface area contributed by atoms with E-state index in [0.717, 1.165) is 19.3 Å². The molecule has 0 aromatic heterocycles. The summed E-state index contributed by atoms with van der Waals surface area (Å²) in [6, 6.07) is 7.00. The summed E-state index contributed by atoms with van der Waals surface area (Å²) in [6.07, 6.45) is 5.92. The summed E-state index contributed by atoms with van der Waals surface area (Å²) in [4.78, 5) is 25.7. The molecule has 1 aromatic rings. The number of unbranched alkanes of at least 4 members (excludes halogenated alkanes) is 4. The molecular weight excluding hydrogens is 356 g/mol. The van der Waals surface area contributed by atoms with Gasteiger partial charge in [-0.05, 0) is 45.2 Å². The minimum absolute atomic E-state index is 0.0559. The fourth-order valence-electron chi connectivity index (χ4n) is 3.00. The third-order valence-electron chi connectivity index (χ3n) is 4.88. The van der Waals surface area contributed by atoms with Crippen LogP contribution in [-0.2, 0) is 14.3 Å². The van der Waals surface area contributed by atoms with Crippen molar-refractivity contribution >= 4 is 11.9 Å². The number of para-hydroxylation sites is 2. The number of hydrogen-bond donors (Lipinski definition) is 0. The number of carbonyl (C=O) groups excluding carboxylic acids is 2. The largest absolute Gasteiger partial charge is 0.487 e. The molecular formula is C23H36O5. The van der Waals surface area contributed by atoms with E-state index in [9.17, 15) is 9.59 Å². The Labute approximate surface area is 169 Å². The second-order valence-electron chi connectivity index (χ2n) is 7.34. The van der Waals surface area contributed by atoms with E-state index in [1.165, 1.54) is 12.8 Å². The summed E-state index contributed by atoms with van der Waals surface area (Å²) in [5, 5.41) is 0. The zero-order chi connectivity index (χ0) is 21.0. The third kappa shape index (κ3) is 6.84. The van der Waals surface area contributed by atoms with Crippen LogP contribution in [0, 0.1) is 5.41 Å². The fourth-order valence-corrected chi connectivity index (χ4v) is 3.00. The lowest BCUT2D eigenvalue weighted by molar-refractivity contribution is -0.168. The molecule has 0 bridgehead atoms. The topological polar surface area (TPSA) is 61.8 Å². The summed E-state index contributed by atoms with van der Waals surface area (Å²) in [7, 11) is 0. The van der Waals surface area contributed by atoms with Crippen LogP contribution < -0.4 is 9.47 Å². The molecule has 0 radical (unpaired) electrons. The lowest BCUT2D eigenvalue weighted by Gasteiger charge is -2.27. The van der Waals surface area contributed by atoms with E-state index in [-0.39, 0.29) is 6.10 Å². The van der Waals surface area contributed by atoms with Crippen LogP contribution in [-0.4, -0.2) is 24.6 Å². The van der Waals surface area contributed by atoms with Crippen molar-refractivity contribution in [2.45, 2.75) is 85.7 Å². The highest BCUT2D eigenvalue weighted by Crippen LogP contribution is 2.34. The van der Waals surface area contributed by atoms with Gasteiger partial charge in [0.2, 0.25) is 0 Å². The Morgan fingerprint density at radius 1 is 0.893 bits per heavy atom. The van der Waals surface area contributed by atoms with Gasteiger partial charge in [-0.15, -0.1) is 0 Å². The second kappa shape index (κ2) is 12.4. The highest BCUT2D eigenvalue weighted by molar-refractivity contribution is 6.00. The van der Waals surface area contributed by atoms with E-state index in [2.05, 4.69) is 6.92 Å². The van der Waals surface area contributed by atoms with Crippen molar-refractivity contribution in [2.24, 2.45) is 5.41 Å². The molecule has 0 spiro atoms. The summed E-state index contributed by atoms with van der Waals surface area (Å²) in [5.74, 6) is -0.287. The maximum atomic E-state index is 13.0. The molecule has 0 saturated heterocycles. The van der Waals surface area contributed by atoms with Crippen LogP contribution in [0.25, 0.3) is 0 Å². The van der Waals surface area contributed by atoms with Crippen LogP contribution >= 0.6 is 0 Å². The second-order valence-corrected chi connectivity index (χ2v) is 7.34. The van der Waals surface area contributed by atoms with E-state index in [4.69, 9.17) is 14.2 Å². The highest BCUT2D eigenvalue weighted by atomic mass is 16.6. The van der Waals surface area contributed by atoms with Gasteiger partial charge >= 0.3 is 11.9 Å². The number of benzene rings is 1. The maximum Gasteiger partial charge on any atom is 0.328 e. The molecule has 0 aliphatic heterocycles. The first kappa shape index (κ1) is 24.0. The molecule has 1 rings (SSSR count). The molecule has 0 atom stereocenters. The number of hydrogen-bond acceptors (Lipinski definition) is 5. The minimum Gasteiger partial charge on any atom is -0.487 e. The van der Waals surface area contributed by atoms with Crippen LogP contribution in [0.5, 0.6) is 11.5 Å². The average molecular weight is 393 g/mol. The Bertz CT molecular complexity index is 605. The van der Waals surface area contributed by atoms with Crippen LogP contribution in [0.3, 0.4) is 0 Å². The fraction of sp³-hybridized carbons (Fsp3) is 0.652. The van der Waals surface area contributed by atoms with Crippen LogP contribution in [0.2, 0.25) is 0 Å². The molecule has 158 valence electrons. The van der Waals surface area contributed by atoms with E-state index < -0.39 is 17.4 Å². The molecule has 0 fully saturated rings. The van der Waals surface area contributed by atoms with Crippen LogP contribution in [0.4, 0.5) is 0 Å². The molecule has 5 heteroatoms. The van der Waals surface area contributed by atoms with Crippen molar-refractivity contribution < 1.29 is 23.8 Å². The van der Waals surface area contributed by atoms with Gasteiger partial charge in [-0.2, -0.15) is 0 Å². The van der Waals surface area contributed by atoms with Gasteiger partial charge in [0.1, 0.15) is 0 Å². The SMILES string of the molecule is CCCCCCCOC(=O)C(CC)(CC)C(=O)Oc1ccccc1OC(C)C. The van der Waals surface area contributed by atoms with E-state index in [1.54, 1.807) is 18.2 Å². The number of carbonyl (C=O) groups is 2. The normalized spacial score (nSPS) is 11.4. The Morgan fingerprint density at radius 3 is 2.07 bits per heavy atom. The van der Waals surface area contributed by atoms with Gasteiger partial charge in [0.15, 0.2) is 16.9 Å². The molecule has 0 heterocycles. The number of rotatable bonds is 13. The van der Waals surface area contributed by atoms with Crippen LogP contribution in [0.15, 0.2) is 24.3 Å². The zero-order valence-electron chi connectivity index (χ0n) is 18.1. The van der Waals surface area contributed by atoms with Crippen molar-refractivity contribution in [3.63, 3.8) is 0 Å². The molecule has 0 N–H and O–H groups in total. The zero-order valence-corrected chi connectivity index (χ0v) is 18.1. The number of esters is 2. The van der Waals surface area contributed by atoms with Gasteiger partial charge in [0, 0.05) is 0 Å². The molecule has 0 aliphatic carbocycles. The Kier molecular flexibility index (Phi) is 10.6. The van der Waals surface area contributed by atoms with Gasteiger partial charge in [-0.25, -0.2) is 0 Å². The molecule has 0 amide bonds. The van der Waals surface area contributed by atoms with Gasteiger partial charge in [0.25, 0.3) is 0 Å². The van der Waals surface area contributed by atoms with E-state index in [0.29, 0.717) is 30.9 Å².